The maximum Gasteiger partial charge on any atom is 0.307 e. The van der Waals surface area contributed by atoms with Gasteiger partial charge in [0.25, 0.3) is 5.91 Å². The number of likely N-dealkylation sites (tertiary alicyclic amines) is 1. The van der Waals surface area contributed by atoms with Crippen molar-refractivity contribution in [3.05, 3.63) is 57.8 Å². The predicted octanol–water partition coefficient (Wildman–Crippen LogP) is 2.69. The fraction of sp³-hybridized carbons (Fsp3) is 0.294. The fourth-order valence-electron chi connectivity index (χ4n) is 2.78. The van der Waals surface area contributed by atoms with Gasteiger partial charge in [-0.1, -0.05) is 12.1 Å². The highest BCUT2D eigenvalue weighted by molar-refractivity contribution is 7.07. The lowest BCUT2D eigenvalue weighted by molar-refractivity contribution is -0.136. The van der Waals surface area contributed by atoms with Crippen LogP contribution in [0.15, 0.2) is 41.1 Å². The number of benzene rings is 1. The molecule has 0 radical (unpaired) electrons. The van der Waals surface area contributed by atoms with Gasteiger partial charge in [0.2, 0.25) is 0 Å². The molecule has 0 spiro atoms. The zero-order valence-corrected chi connectivity index (χ0v) is 12.9. The highest BCUT2D eigenvalue weighted by Gasteiger charge is 2.31. The highest BCUT2D eigenvalue weighted by Crippen LogP contribution is 2.23. The first kappa shape index (κ1) is 14.8. The molecule has 1 N–H and O–H groups in total. The van der Waals surface area contributed by atoms with E-state index in [4.69, 9.17) is 5.11 Å². The summed E-state index contributed by atoms with van der Waals surface area (Å²) in [5, 5.41) is 13.1. The van der Waals surface area contributed by atoms with Crippen molar-refractivity contribution in [1.82, 2.24) is 4.90 Å². The van der Waals surface area contributed by atoms with Gasteiger partial charge in [-0.25, -0.2) is 0 Å². The lowest BCUT2D eigenvalue weighted by atomic mass is 9.92. The molecule has 0 atom stereocenters. The molecule has 2 heterocycles. The Balaban J connectivity index is 1.58. The number of hydrogen-bond acceptors (Lipinski definition) is 3. The number of carbonyl (C=O) groups is 2. The Morgan fingerprint density at radius 1 is 1.23 bits per heavy atom. The standard InChI is InChI=1S/C17H17NO3S/c19-16(20)8-12-2-1-3-15(7-12)17(21)18-9-14(10-18)6-13-4-5-22-11-13/h1-5,7,11,14H,6,8-10H2,(H,19,20). The molecule has 1 amide bonds. The molecule has 2 aromatic rings. The van der Waals surface area contributed by atoms with E-state index in [0.717, 1.165) is 19.5 Å². The maximum absolute atomic E-state index is 12.4. The summed E-state index contributed by atoms with van der Waals surface area (Å²) in [7, 11) is 0. The van der Waals surface area contributed by atoms with Gasteiger partial charge >= 0.3 is 5.97 Å². The number of aliphatic carboxylic acids is 1. The molecule has 114 valence electrons. The molecule has 0 saturated carbocycles. The van der Waals surface area contributed by atoms with E-state index in [0.29, 0.717) is 17.0 Å². The van der Waals surface area contributed by atoms with Crippen molar-refractivity contribution in [2.45, 2.75) is 12.8 Å². The average Bonchev–Trinajstić information content (AvgIpc) is 2.94. The molecule has 0 bridgehead atoms. The number of amides is 1. The molecular formula is C17H17NO3S. The van der Waals surface area contributed by atoms with Crippen molar-refractivity contribution in [1.29, 1.82) is 0 Å². The molecule has 1 fully saturated rings. The van der Waals surface area contributed by atoms with Gasteiger partial charge in [0.05, 0.1) is 6.42 Å². The minimum atomic E-state index is -0.885. The van der Waals surface area contributed by atoms with Crippen molar-refractivity contribution in [2.75, 3.05) is 13.1 Å². The molecule has 1 aliphatic rings. The van der Waals surface area contributed by atoms with Crippen LogP contribution in [0.5, 0.6) is 0 Å². The van der Waals surface area contributed by atoms with Gasteiger partial charge in [-0.05, 0) is 52.4 Å². The molecule has 0 unspecified atom stereocenters. The summed E-state index contributed by atoms with van der Waals surface area (Å²) < 4.78 is 0. The summed E-state index contributed by atoms with van der Waals surface area (Å²) in [6.07, 6.45) is 0.967. The van der Waals surface area contributed by atoms with E-state index in [2.05, 4.69) is 16.8 Å². The van der Waals surface area contributed by atoms with Gasteiger partial charge in [0.1, 0.15) is 0 Å². The van der Waals surface area contributed by atoms with Crippen LogP contribution in [0.25, 0.3) is 0 Å². The first-order chi connectivity index (χ1) is 10.6. The normalized spacial score (nSPS) is 14.6. The smallest absolute Gasteiger partial charge is 0.307 e. The minimum Gasteiger partial charge on any atom is -0.481 e. The third-order valence-corrected chi connectivity index (χ3v) is 4.61. The molecule has 0 aliphatic carbocycles. The zero-order valence-electron chi connectivity index (χ0n) is 12.1. The van der Waals surface area contributed by atoms with Gasteiger partial charge in [-0.3, -0.25) is 9.59 Å². The van der Waals surface area contributed by atoms with Gasteiger partial charge < -0.3 is 10.0 Å². The number of carboxylic acid groups (broad SMARTS) is 1. The van der Waals surface area contributed by atoms with Crippen molar-refractivity contribution < 1.29 is 14.7 Å². The summed E-state index contributed by atoms with van der Waals surface area (Å²) >= 11 is 1.70. The molecule has 1 aromatic carbocycles. The Morgan fingerprint density at radius 3 is 2.73 bits per heavy atom. The number of carboxylic acids is 1. The second kappa shape index (κ2) is 6.32. The molecule has 4 nitrogen and oxygen atoms in total. The van der Waals surface area contributed by atoms with Crippen LogP contribution in [-0.2, 0) is 17.6 Å². The molecule has 1 aliphatic heterocycles. The third-order valence-electron chi connectivity index (χ3n) is 3.88. The van der Waals surface area contributed by atoms with Gasteiger partial charge in [0, 0.05) is 18.7 Å². The SMILES string of the molecule is O=C(O)Cc1cccc(C(=O)N2CC(Cc3ccsc3)C2)c1. The van der Waals surface area contributed by atoms with E-state index in [1.54, 1.807) is 35.6 Å². The van der Waals surface area contributed by atoms with Crippen LogP contribution < -0.4 is 0 Å². The van der Waals surface area contributed by atoms with Crippen molar-refractivity contribution in [2.24, 2.45) is 5.92 Å². The van der Waals surface area contributed by atoms with Gasteiger partial charge in [-0.2, -0.15) is 11.3 Å². The molecule has 22 heavy (non-hydrogen) atoms. The van der Waals surface area contributed by atoms with Crippen LogP contribution in [0.2, 0.25) is 0 Å². The van der Waals surface area contributed by atoms with Crippen molar-refractivity contribution in [3.8, 4) is 0 Å². The zero-order chi connectivity index (χ0) is 15.5. The molecule has 1 saturated heterocycles. The van der Waals surface area contributed by atoms with E-state index in [9.17, 15) is 9.59 Å². The Morgan fingerprint density at radius 2 is 2.05 bits per heavy atom. The van der Waals surface area contributed by atoms with Gasteiger partial charge in [0.15, 0.2) is 0 Å². The molecule has 1 aromatic heterocycles. The summed E-state index contributed by atoms with van der Waals surface area (Å²) in [4.78, 5) is 25.0. The van der Waals surface area contributed by atoms with Crippen LogP contribution in [-0.4, -0.2) is 35.0 Å². The number of nitrogens with zero attached hydrogens (tertiary/aromatic N) is 1. The van der Waals surface area contributed by atoms with Crippen LogP contribution in [0.1, 0.15) is 21.5 Å². The fourth-order valence-corrected chi connectivity index (χ4v) is 3.46. The van der Waals surface area contributed by atoms with Crippen LogP contribution >= 0.6 is 11.3 Å². The monoisotopic (exact) mass is 315 g/mol. The number of thiophene rings is 1. The first-order valence-corrected chi connectivity index (χ1v) is 8.17. The van der Waals surface area contributed by atoms with E-state index >= 15 is 0 Å². The summed E-state index contributed by atoms with van der Waals surface area (Å²) in [6.45, 7) is 1.55. The topological polar surface area (TPSA) is 57.6 Å². The number of hydrogen-bond donors (Lipinski definition) is 1. The minimum absolute atomic E-state index is 0.00573. The Kier molecular flexibility index (Phi) is 4.24. The Hall–Kier alpha value is -2.14. The number of carbonyl (C=O) groups excluding carboxylic acids is 1. The quantitative estimate of drug-likeness (QED) is 0.923. The van der Waals surface area contributed by atoms with Crippen LogP contribution in [0.4, 0.5) is 0 Å². The summed E-state index contributed by atoms with van der Waals surface area (Å²) in [5.74, 6) is -0.362. The van der Waals surface area contributed by atoms with E-state index in [1.807, 2.05) is 4.90 Å². The maximum atomic E-state index is 12.4. The Labute approximate surface area is 133 Å². The van der Waals surface area contributed by atoms with E-state index < -0.39 is 5.97 Å². The number of rotatable bonds is 5. The lowest BCUT2D eigenvalue weighted by Crippen LogP contribution is -2.50. The van der Waals surface area contributed by atoms with Crippen LogP contribution in [0.3, 0.4) is 0 Å². The van der Waals surface area contributed by atoms with Crippen LogP contribution in [0, 0.1) is 5.92 Å². The molecule has 3 rings (SSSR count). The second-order valence-corrected chi connectivity index (χ2v) is 6.46. The lowest BCUT2D eigenvalue weighted by Gasteiger charge is -2.39. The predicted molar refractivity (Wildman–Crippen MR) is 85.2 cm³/mol. The summed E-state index contributed by atoms with van der Waals surface area (Å²) in [6, 6.07) is 9.04. The van der Waals surface area contributed by atoms with Crippen molar-refractivity contribution >= 4 is 23.2 Å². The average molecular weight is 315 g/mol. The molecule has 5 heteroatoms. The second-order valence-electron chi connectivity index (χ2n) is 5.68. The Bertz CT molecular complexity index is 675. The van der Waals surface area contributed by atoms with Crippen molar-refractivity contribution in [3.63, 3.8) is 0 Å². The summed E-state index contributed by atoms with van der Waals surface area (Å²) in [5.41, 5.74) is 2.58. The third kappa shape index (κ3) is 3.36. The highest BCUT2D eigenvalue weighted by atomic mass is 32.1. The van der Waals surface area contributed by atoms with E-state index in [1.165, 1.54) is 5.56 Å². The van der Waals surface area contributed by atoms with Gasteiger partial charge in [-0.15, -0.1) is 0 Å². The largest absolute Gasteiger partial charge is 0.481 e. The molecular weight excluding hydrogens is 298 g/mol. The van der Waals surface area contributed by atoms with E-state index in [-0.39, 0.29) is 12.3 Å². The first-order valence-electron chi connectivity index (χ1n) is 7.23.